The zero-order valence-corrected chi connectivity index (χ0v) is 14.9. The fourth-order valence-electron chi connectivity index (χ4n) is 3.05. The van der Waals surface area contributed by atoms with E-state index in [2.05, 4.69) is 9.97 Å². The minimum absolute atomic E-state index is 0.586. The van der Waals surface area contributed by atoms with Gasteiger partial charge in [0, 0.05) is 22.3 Å². The predicted molar refractivity (Wildman–Crippen MR) is 108 cm³/mol. The Morgan fingerprint density at radius 3 is 1.21 bits per heavy atom. The molecule has 0 radical (unpaired) electrons. The first kappa shape index (κ1) is 16.3. The molecule has 0 fully saturated rings. The van der Waals surface area contributed by atoms with Crippen molar-refractivity contribution in [2.24, 2.45) is 0 Å². The second-order valence-electron chi connectivity index (χ2n) is 6.39. The number of aromatic nitrogens is 2. The van der Waals surface area contributed by atoms with Gasteiger partial charge >= 0.3 is 0 Å². The highest BCUT2D eigenvalue weighted by atomic mass is 16.3. The highest BCUT2D eigenvalue weighted by Gasteiger charge is 2.11. The molecule has 0 N–H and O–H groups in total. The Labute approximate surface area is 162 Å². The van der Waals surface area contributed by atoms with Crippen LogP contribution in [0.15, 0.2) is 106 Å². The summed E-state index contributed by atoms with van der Waals surface area (Å²) in [6.07, 6.45) is 3.36. The van der Waals surface area contributed by atoms with E-state index in [9.17, 15) is 0 Å². The highest BCUT2D eigenvalue weighted by Crippen LogP contribution is 2.28. The molecule has 0 aliphatic heterocycles. The molecular weight excluding hydrogens is 348 g/mol. The van der Waals surface area contributed by atoms with Crippen LogP contribution in [0.1, 0.15) is 0 Å². The van der Waals surface area contributed by atoms with Gasteiger partial charge in [0.05, 0.1) is 0 Å². The summed E-state index contributed by atoms with van der Waals surface area (Å²) in [5, 5.41) is 0. The lowest BCUT2D eigenvalue weighted by atomic mass is 10.1. The summed E-state index contributed by atoms with van der Waals surface area (Å²) in [4.78, 5) is 9.18. The van der Waals surface area contributed by atoms with Crippen molar-refractivity contribution in [3.63, 3.8) is 0 Å². The molecule has 3 aromatic carbocycles. The lowest BCUT2D eigenvalue weighted by molar-refractivity contribution is 0.573. The van der Waals surface area contributed by atoms with Crippen LogP contribution in [0.3, 0.4) is 0 Å². The van der Waals surface area contributed by atoms with Crippen molar-refractivity contribution in [3.05, 3.63) is 97.5 Å². The molecule has 134 valence electrons. The van der Waals surface area contributed by atoms with Crippen LogP contribution in [0.2, 0.25) is 0 Å². The van der Waals surface area contributed by atoms with Gasteiger partial charge in [0.25, 0.3) is 0 Å². The average Bonchev–Trinajstić information content (AvgIpc) is 3.46. The summed E-state index contributed by atoms with van der Waals surface area (Å²) in [5.41, 5.74) is 5.51. The van der Waals surface area contributed by atoms with Crippen molar-refractivity contribution in [2.45, 2.75) is 0 Å². The standard InChI is InChI=1S/C24H16N2O2/c1-3-7-17(8-4-1)21-15-27-23(25-21)19-11-13-20(14-12-19)24-26-22(16-28-24)18-9-5-2-6-10-18/h1-16H. The summed E-state index contributed by atoms with van der Waals surface area (Å²) in [6.45, 7) is 0. The number of oxazole rings is 2. The van der Waals surface area contributed by atoms with E-state index >= 15 is 0 Å². The summed E-state index contributed by atoms with van der Waals surface area (Å²) in [5.74, 6) is 1.17. The molecule has 5 aromatic rings. The molecule has 0 saturated heterocycles. The zero-order chi connectivity index (χ0) is 18.8. The smallest absolute Gasteiger partial charge is 0.226 e. The van der Waals surface area contributed by atoms with Crippen LogP contribution < -0.4 is 0 Å². The third-order valence-electron chi connectivity index (χ3n) is 4.53. The second kappa shape index (κ2) is 7.00. The van der Waals surface area contributed by atoms with E-state index in [4.69, 9.17) is 8.83 Å². The Hall–Kier alpha value is -3.92. The molecule has 4 heteroatoms. The Morgan fingerprint density at radius 1 is 0.429 bits per heavy atom. The van der Waals surface area contributed by atoms with Crippen LogP contribution in [0, 0.1) is 0 Å². The minimum Gasteiger partial charge on any atom is -0.444 e. The molecule has 0 aliphatic rings. The molecule has 0 spiro atoms. The number of rotatable bonds is 4. The molecule has 0 unspecified atom stereocenters. The van der Waals surface area contributed by atoms with Crippen LogP contribution in [0.5, 0.6) is 0 Å². The molecule has 0 amide bonds. The van der Waals surface area contributed by atoms with Gasteiger partial charge in [0.2, 0.25) is 11.8 Å². The van der Waals surface area contributed by atoms with E-state index in [1.807, 2.05) is 84.9 Å². The molecule has 2 aromatic heterocycles. The van der Waals surface area contributed by atoms with Crippen molar-refractivity contribution in [2.75, 3.05) is 0 Å². The number of nitrogens with zero attached hydrogens (tertiary/aromatic N) is 2. The topological polar surface area (TPSA) is 52.1 Å². The maximum absolute atomic E-state index is 5.66. The van der Waals surface area contributed by atoms with Gasteiger partial charge in [-0.05, 0) is 24.3 Å². The molecular formula is C24H16N2O2. The third-order valence-corrected chi connectivity index (χ3v) is 4.53. The van der Waals surface area contributed by atoms with Crippen LogP contribution in [0.25, 0.3) is 45.4 Å². The summed E-state index contributed by atoms with van der Waals surface area (Å²) in [7, 11) is 0. The van der Waals surface area contributed by atoms with Crippen LogP contribution >= 0.6 is 0 Å². The zero-order valence-electron chi connectivity index (χ0n) is 14.9. The number of hydrogen-bond acceptors (Lipinski definition) is 4. The maximum atomic E-state index is 5.66. The molecule has 4 nitrogen and oxygen atoms in total. The van der Waals surface area contributed by atoms with Gasteiger partial charge in [-0.3, -0.25) is 0 Å². The van der Waals surface area contributed by atoms with Gasteiger partial charge in [-0.2, -0.15) is 0 Å². The van der Waals surface area contributed by atoms with E-state index in [-0.39, 0.29) is 0 Å². The molecule has 0 bridgehead atoms. The van der Waals surface area contributed by atoms with E-state index in [1.54, 1.807) is 12.5 Å². The van der Waals surface area contributed by atoms with E-state index < -0.39 is 0 Å². The van der Waals surface area contributed by atoms with Crippen molar-refractivity contribution in [1.82, 2.24) is 9.97 Å². The van der Waals surface area contributed by atoms with Crippen molar-refractivity contribution in [1.29, 1.82) is 0 Å². The highest BCUT2D eigenvalue weighted by molar-refractivity contribution is 5.67. The number of benzene rings is 3. The average molecular weight is 364 g/mol. The van der Waals surface area contributed by atoms with Crippen molar-refractivity contribution >= 4 is 0 Å². The Morgan fingerprint density at radius 2 is 0.821 bits per heavy atom. The van der Waals surface area contributed by atoms with E-state index in [0.29, 0.717) is 11.8 Å². The SMILES string of the molecule is c1ccc(-c2coc(-c3ccc(-c4nc(-c5ccccc5)co4)cc3)n2)cc1. The molecule has 2 heterocycles. The third kappa shape index (κ3) is 3.12. The second-order valence-corrected chi connectivity index (χ2v) is 6.39. The first-order valence-corrected chi connectivity index (χ1v) is 8.99. The Bertz CT molecular complexity index is 1090. The van der Waals surface area contributed by atoms with Crippen molar-refractivity contribution in [3.8, 4) is 45.4 Å². The summed E-state index contributed by atoms with van der Waals surface area (Å²) < 4.78 is 11.3. The summed E-state index contributed by atoms with van der Waals surface area (Å²) >= 11 is 0. The normalized spacial score (nSPS) is 10.9. The molecule has 5 rings (SSSR count). The monoisotopic (exact) mass is 364 g/mol. The van der Waals surface area contributed by atoms with E-state index in [0.717, 1.165) is 33.6 Å². The number of hydrogen-bond donors (Lipinski definition) is 0. The largest absolute Gasteiger partial charge is 0.444 e. The minimum atomic E-state index is 0.586. The first-order valence-electron chi connectivity index (χ1n) is 8.99. The van der Waals surface area contributed by atoms with Crippen LogP contribution in [0.4, 0.5) is 0 Å². The molecule has 28 heavy (non-hydrogen) atoms. The van der Waals surface area contributed by atoms with E-state index in [1.165, 1.54) is 0 Å². The van der Waals surface area contributed by atoms with Gasteiger partial charge in [0.15, 0.2) is 0 Å². The van der Waals surface area contributed by atoms with Crippen LogP contribution in [-0.4, -0.2) is 9.97 Å². The van der Waals surface area contributed by atoms with Gasteiger partial charge in [-0.25, -0.2) is 9.97 Å². The first-order chi connectivity index (χ1) is 13.9. The van der Waals surface area contributed by atoms with Gasteiger partial charge in [-0.15, -0.1) is 0 Å². The lowest BCUT2D eigenvalue weighted by Gasteiger charge is -1.98. The molecule has 0 aliphatic carbocycles. The fourth-order valence-corrected chi connectivity index (χ4v) is 3.05. The molecule has 0 saturated carbocycles. The summed E-state index contributed by atoms with van der Waals surface area (Å²) in [6, 6.07) is 27.8. The quantitative estimate of drug-likeness (QED) is 0.374. The predicted octanol–water partition coefficient (Wildman–Crippen LogP) is 6.33. The Balaban J connectivity index is 1.40. The van der Waals surface area contributed by atoms with Gasteiger partial charge < -0.3 is 8.83 Å². The van der Waals surface area contributed by atoms with Gasteiger partial charge in [0.1, 0.15) is 23.9 Å². The molecule has 0 atom stereocenters. The Kier molecular flexibility index (Phi) is 4.07. The van der Waals surface area contributed by atoms with Crippen molar-refractivity contribution < 1.29 is 8.83 Å². The fraction of sp³-hybridized carbons (Fsp3) is 0. The van der Waals surface area contributed by atoms with Gasteiger partial charge in [-0.1, -0.05) is 60.7 Å². The van der Waals surface area contributed by atoms with Crippen LogP contribution in [-0.2, 0) is 0 Å². The maximum Gasteiger partial charge on any atom is 0.226 e. The lowest BCUT2D eigenvalue weighted by Crippen LogP contribution is -1.82.